The van der Waals surface area contributed by atoms with Crippen molar-refractivity contribution in [2.45, 2.75) is 25.1 Å². The predicted octanol–water partition coefficient (Wildman–Crippen LogP) is 1.38. The van der Waals surface area contributed by atoms with Crippen LogP contribution in [0.3, 0.4) is 0 Å². The van der Waals surface area contributed by atoms with E-state index in [9.17, 15) is 13.2 Å². The number of nitrogens with two attached hydrogens (primary N) is 4. The quantitative estimate of drug-likeness (QED) is 0.580. The summed E-state index contributed by atoms with van der Waals surface area (Å²) in [6.45, 7) is 0. The van der Waals surface area contributed by atoms with Crippen molar-refractivity contribution in [2.75, 3.05) is 21.1 Å². The molecule has 1 unspecified atom stereocenters. The Labute approximate surface area is 118 Å². The third kappa shape index (κ3) is 5.87. The summed E-state index contributed by atoms with van der Waals surface area (Å²) in [5.74, 6) is 0. The van der Waals surface area contributed by atoms with Crippen molar-refractivity contribution >= 4 is 0 Å². The Morgan fingerprint density at radius 2 is 1.50 bits per heavy atom. The minimum atomic E-state index is -4.27. The summed E-state index contributed by atoms with van der Waals surface area (Å²) < 4.78 is 37.0. The van der Waals surface area contributed by atoms with Crippen LogP contribution in [0.2, 0.25) is 0 Å². The van der Waals surface area contributed by atoms with Gasteiger partial charge in [-0.15, -0.1) is 0 Å². The number of fused-ring (bicyclic) bond motifs is 1. The third-order valence-electron chi connectivity index (χ3n) is 2.60. The van der Waals surface area contributed by atoms with E-state index < -0.39 is 11.7 Å². The second-order valence-electron chi connectivity index (χ2n) is 3.56. The largest absolute Gasteiger partial charge is 0.416 e. The highest BCUT2D eigenvalue weighted by Gasteiger charge is 2.32. The molecule has 118 valence electrons. The van der Waals surface area contributed by atoms with E-state index in [1.165, 1.54) is 33.3 Å². The van der Waals surface area contributed by atoms with Gasteiger partial charge in [0.05, 0.1) is 5.56 Å². The second kappa shape index (κ2) is 10.6. The average molecular weight is 294 g/mol. The normalized spacial score (nSPS) is 15.6. The fourth-order valence-electron chi connectivity index (χ4n) is 1.81. The van der Waals surface area contributed by atoms with E-state index in [0.29, 0.717) is 5.56 Å². The Hall–Kier alpha value is -1.15. The minimum absolute atomic E-state index is 0.229. The Morgan fingerprint density at radius 1 is 1.00 bits per heavy atom. The van der Waals surface area contributed by atoms with Crippen molar-refractivity contribution in [3.8, 4) is 0 Å². The monoisotopic (exact) mass is 294 g/mol. The zero-order valence-corrected chi connectivity index (χ0v) is 12.2. The summed E-state index contributed by atoms with van der Waals surface area (Å²) in [6, 6.07) is 3.60. The molecular formula is C13H25F3N4. The molecule has 20 heavy (non-hydrogen) atoms. The highest BCUT2D eigenvalue weighted by molar-refractivity contribution is 5.38. The molecule has 7 heteroatoms. The van der Waals surface area contributed by atoms with Crippen molar-refractivity contribution in [3.05, 3.63) is 34.9 Å². The van der Waals surface area contributed by atoms with Crippen LogP contribution in [0.4, 0.5) is 13.2 Å². The van der Waals surface area contributed by atoms with Crippen LogP contribution >= 0.6 is 0 Å². The van der Waals surface area contributed by atoms with E-state index in [4.69, 9.17) is 5.73 Å². The molecule has 0 saturated carbocycles. The van der Waals surface area contributed by atoms with Crippen LogP contribution in [0.15, 0.2) is 18.2 Å². The Bertz CT molecular complexity index is 367. The number of aryl methyl sites for hydroxylation is 1. The van der Waals surface area contributed by atoms with Gasteiger partial charge in [-0.25, -0.2) is 0 Å². The molecule has 0 radical (unpaired) electrons. The summed E-state index contributed by atoms with van der Waals surface area (Å²) in [7, 11) is 4.50. The first-order valence-corrected chi connectivity index (χ1v) is 6.17. The molecular weight excluding hydrogens is 269 g/mol. The van der Waals surface area contributed by atoms with Crippen molar-refractivity contribution in [1.29, 1.82) is 0 Å². The topological polar surface area (TPSA) is 104 Å². The Balaban J connectivity index is 0. The first kappa shape index (κ1) is 21.2. The SMILES string of the molecule is CN.CN.CN.NC1CCc2ccc(C(F)(F)F)cc21. The van der Waals surface area contributed by atoms with Crippen molar-refractivity contribution in [3.63, 3.8) is 0 Å². The Kier molecular flexibility index (Phi) is 11.2. The standard InChI is InChI=1S/C10H10F3N.3CH5N/c11-10(12,13)7-3-1-6-2-4-9(14)8(6)5-7;3*1-2/h1,3,5,9H,2,4,14H2;3*2H2,1H3. The van der Waals surface area contributed by atoms with Crippen LogP contribution < -0.4 is 22.9 Å². The molecule has 4 nitrogen and oxygen atoms in total. The fraction of sp³-hybridized carbons (Fsp3) is 0.538. The van der Waals surface area contributed by atoms with Crippen molar-refractivity contribution < 1.29 is 13.2 Å². The predicted molar refractivity (Wildman–Crippen MR) is 77.0 cm³/mol. The van der Waals surface area contributed by atoms with E-state index in [1.54, 1.807) is 0 Å². The van der Waals surface area contributed by atoms with Crippen molar-refractivity contribution in [1.82, 2.24) is 0 Å². The summed E-state index contributed by atoms with van der Waals surface area (Å²) >= 11 is 0. The van der Waals surface area contributed by atoms with Crippen LogP contribution in [0.5, 0.6) is 0 Å². The summed E-state index contributed by atoms with van der Waals surface area (Å²) in [4.78, 5) is 0. The van der Waals surface area contributed by atoms with Gasteiger partial charge in [0, 0.05) is 6.04 Å². The van der Waals surface area contributed by atoms with Gasteiger partial charge in [-0.1, -0.05) is 6.07 Å². The van der Waals surface area contributed by atoms with Gasteiger partial charge in [0.15, 0.2) is 0 Å². The van der Waals surface area contributed by atoms with Gasteiger partial charge in [-0.3, -0.25) is 0 Å². The maximum Gasteiger partial charge on any atom is 0.416 e. The molecule has 1 aliphatic carbocycles. The van der Waals surface area contributed by atoms with Crippen LogP contribution in [-0.4, -0.2) is 21.1 Å². The summed E-state index contributed by atoms with van der Waals surface area (Å²) in [6.07, 6.45) is -2.73. The van der Waals surface area contributed by atoms with Gasteiger partial charge in [0.1, 0.15) is 0 Å². The van der Waals surface area contributed by atoms with Crippen molar-refractivity contribution in [2.24, 2.45) is 22.9 Å². The smallest absolute Gasteiger partial charge is 0.333 e. The lowest BCUT2D eigenvalue weighted by atomic mass is 10.0. The molecule has 1 atom stereocenters. The molecule has 0 fully saturated rings. The number of rotatable bonds is 0. The maximum atomic E-state index is 12.3. The third-order valence-corrected chi connectivity index (χ3v) is 2.60. The van der Waals surface area contributed by atoms with Gasteiger partial charge in [0.25, 0.3) is 0 Å². The van der Waals surface area contributed by atoms with E-state index in [0.717, 1.165) is 24.5 Å². The molecule has 8 N–H and O–H groups in total. The number of benzene rings is 1. The van der Waals surface area contributed by atoms with E-state index in [-0.39, 0.29) is 6.04 Å². The Morgan fingerprint density at radius 3 is 1.95 bits per heavy atom. The van der Waals surface area contributed by atoms with Gasteiger partial charge >= 0.3 is 6.18 Å². The summed E-state index contributed by atoms with van der Waals surface area (Å²) in [5.41, 5.74) is 20.2. The lowest BCUT2D eigenvalue weighted by Gasteiger charge is -2.10. The lowest BCUT2D eigenvalue weighted by Crippen LogP contribution is -2.09. The molecule has 1 aliphatic rings. The van der Waals surface area contributed by atoms with Crippen LogP contribution in [-0.2, 0) is 12.6 Å². The zero-order chi connectivity index (χ0) is 16.3. The second-order valence-corrected chi connectivity index (χ2v) is 3.56. The first-order chi connectivity index (χ1) is 9.48. The van der Waals surface area contributed by atoms with Gasteiger partial charge < -0.3 is 22.9 Å². The fourth-order valence-corrected chi connectivity index (χ4v) is 1.81. The van der Waals surface area contributed by atoms with Crippen LogP contribution in [0, 0.1) is 0 Å². The molecule has 0 spiro atoms. The van der Waals surface area contributed by atoms with Crippen LogP contribution in [0.25, 0.3) is 0 Å². The van der Waals surface area contributed by atoms with Gasteiger partial charge in [-0.2, -0.15) is 13.2 Å². The molecule has 2 rings (SSSR count). The number of hydrogen-bond donors (Lipinski definition) is 4. The van der Waals surface area contributed by atoms with Gasteiger partial charge in [0.2, 0.25) is 0 Å². The summed E-state index contributed by atoms with van der Waals surface area (Å²) in [5, 5.41) is 0. The molecule has 0 amide bonds. The molecule has 0 heterocycles. The van der Waals surface area contributed by atoms with Crippen LogP contribution in [0.1, 0.15) is 29.2 Å². The number of alkyl halides is 3. The minimum Gasteiger partial charge on any atom is -0.333 e. The lowest BCUT2D eigenvalue weighted by molar-refractivity contribution is -0.137. The number of hydrogen-bond acceptors (Lipinski definition) is 4. The average Bonchev–Trinajstić information content (AvgIpc) is 2.86. The highest BCUT2D eigenvalue weighted by Crippen LogP contribution is 2.35. The van der Waals surface area contributed by atoms with Gasteiger partial charge in [-0.05, 0) is 57.2 Å². The molecule has 1 aromatic rings. The molecule has 0 aliphatic heterocycles. The molecule has 0 saturated heterocycles. The van der Waals surface area contributed by atoms with E-state index >= 15 is 0 Å². The molecule has 0 aromatic heterocycles. The molecule has 1 aromatic carbocycles. The zero-order valence-electron chi connectivity index (χ0n) is 12.2. The number of halogens is 3. The maximum absolute atomic E-state index is 12.3. The van der Waals surface area contributed by atoms with E-state index in [1.807, 2.05) is 0 Å². The molecule has 0 bridgehead atoms. The van der Waals surface area contributed by atoms with E-state index in [2.05, 4.69) is 17.2 Å². The first-order valence-electron chi connectivity index (χ1n) is 6.17. The highest BCUT2D eigenvalue weighted by atomic mass is 19.4.